The number of ether oxygens (including phenoxy) is 1. The van der Waals surface area contributed by atoms with Crippen molar-refractivity contribution in [3.05, 3.63) is 29.8 Å². The van der Waals surface area contributed by atoms with E-state index in [9.17, 15) is 13.2 Å². The largest absolute Gasteiger partial charge is 0.461 e. The van der Waals surface area contributed by atoms with Gasteiger partial charge in [-0.1, -0.05) is 12.1 Å². The third-order valence-electron chi connectivity index (χ3n) is 1.87. The van der Waals surface area contributed by atoms with E-state index in [4.69, 9.17) is 10.5 Å². The van der Waals surface area contributed by atoms with E-state index in [-0.39, 0.29) is 17.9 Å². The second-order valence-corrected chi connectivity index (χ2v) is 5.61. The topological polar surface area (TPSA) is 86.5 Å². The molecule has 6 heteroatoms. The molecule has 0 aliphatic carbocycles. The van der Waals surface area contributed by atoms with E-state index in [2.05, 4.69) is 0 Å². The first-order chi connectivity index (χ1) is 7.40. The lowest BCUT2D eigenvalue weighted by atomic mass is 10.2. The monoisotopic (exact) mass is 243 g/mol. The van der Waals surface area contributed by atoms with Gasteiger partial charge in [0.2, 0.25) is 0 Å². The molecule has 16 heavy (non-hydrogen) atoms. The van der Waals surface area contributed by atoms with Gasteiger partial charge in [0.1, 0.15) is 6.61 Å². The third-order valence-corrected chi connectivity index (χ3v) is 2.78. The Morgan fingerprint density at radius 2 is 2.00 bits per heavy atom. The zero-order valence-corrected chi connectivity index (χ0v) is 9.66. The molecule has 0 aliphatic rings. The number of carbonyl (C=O) groups excluding carboxylic acids is 1. The molecular formula is C10H13NO4S. The first-order valence-corrected chi connectivity index (χ1v) is 6.65. The molecule has 0 amide bonds. The van der Waals surface area contributed by atoms with Crippen LogP contribution in [-0.2, 0) is 14.6 Å². The molecule has 5 nitrogen and oxygen atoms in total. The fourth-order valence-electron chi connectivity index (χ4n) is 1.05. The summed E-state index contributed by atoms with van der Waals surface area (Å²) in [7, 11) is -3.12. The van der Waals surface area contributed by atoms with Crippen LogP contribution in [0, 0.1) is 0 Å². The molecule has 0 saturated heterocycles. The minimum absolute atomic E-state index is 0.161. The molecule has 0 aliphatic heterocycles. The number of carbonyl (C=O) groups is 1. The first kappa shape index (κ1) is 12.5. The van der Waals surface area contributed by atoms with Crippen molar-refractivity contribution in [2.75, 3.05) is 24.3 Å². The summed E-state index contributed by atoms with van der Waals surface area (Å²) in [6.45, 7) is -0.161. The van der Waals surface area contributed by atoms with E-state index in [0.717, 1.165) is 6.26 Å². The first-order valence-electron chi connectivity index (χ1n) is 4.59. The third kappa shape index (κ3) is 3.90. The number of nitrogen functional groups attached to an aromatic ring is 1. The number of para-hydroxylation sites is 1. The van der Waals surface area contributed by atoms with Crippen molar-refractivity contribution in [1.29, 1.82) is 0 Å². The number of nitrogens with two attached hydrogens (primary N) is 1. The lowest BCUT2D eigenvalue weighted by Gasteiger charge is -2.05. The standard InChI is InChI=1S/C10H13NO4S/c1-16(13,14)7-6-15-10(12)8-4-2-3-5-9(8)11/h2-5H,6-7,11H2,1H3. The Labute approximate surface area is 94.1 Å². The van der Waals surface area contributed by atoms with Crippen molar-refractivity contribution in [1.82, 2.24) is 0 Å². The van der Waals surface area contributed by atoms with Crippen LogP contribution >= 0.6 is 0 Å². The van der Waals surface area contributed by atoms with Crippen molar-refractivity contribution in [3.8, 4) is 0 Å². The average Bonchev–Trinajstić information content (AvgIpc) is 2.16. The van der Waals surface area contributed by atoms with Gasteiger partial charge in [-0.3, -0.25) is 0 Å². The molecule has 0 unspecified atom stereocenters. The average molecular weight is 243 g/mol. The van der Waals surface area contributed by atoms with Crippen molar-refractivity contribution in [3.63, 3.8) is 0 Å². The highest BCUT2D eigenvalue weighted by atomic mass is 32.2. The van der Waals surface area contributed by atoms with Crippen LogP contribution in [0.2, 0.25) is 0 Å². The van der Waals surface area contributed by atoms with Crippen LogP contribution in [0.3, 0.4) is 0 Å². The van der Waals surface area contributed by atoms with Crippen LogP contribution in [0.1, 0.15) is 10.4 Å². The lowest BCUT2D eigenvalue weighted by Crippen LogP contribution is -2.15. The highest BCUT2D eigenvalue weighted by Crippen LogP contribution is 2.11. The SMILES string of the molecule is CS(=O)(=O)CCOC(=O)c1ccccc1N. The fourth-order valence-corrected chi connectivity index (χ4v) is 1.43. The van der Waals surface area contributed by atoms with E-state index in [1.165, 1.54) is 6.07 Å². The predicted molar refractivity (Wildman–Crippen MR) is 60.8 cm³/mol. The van der Waals surface area contributed by atoms with Crippen LogP contribution < -0.4 is 5.73 Å². The highest BCUT2D eigenvalue weighted by Gasteiger charge is 2.11. The summed E-state index contributed by atoms with van der Waals surface area (Å²) in [5, 5.41) is 0. The summed E-state index contributed by atoms with van der Waals surface area (Å²) < 4.78 is 26.4. The van der Waals surface area contributed by atoms with Gasteiger partial charge >= 0.3 is 5.97 Å². The molecule has 88 valence electrons. The molecular weight excluding hydrogens is 230 g/mol. The molecule has 0 atom stereocenters. The fraction of sp³-hybridized carbons (Fsp3) is 0.300. The molecule has 0 fully saturated rings. The van der Waals surface area contributed by atoms with Crippen LogP contribution in [0.5, 0.6) is 0 Å². The van der Waals surface area contributed by atoms with E-state index in [0.29, 0.717) is 5.69 Å². The number of esters is 1. The van der Waals surface area contributed by atoms with Crippen LogP contribution in [0.15, 0.2) is 24.3 Å². The number of rotatable bonds is 4. The van der Waals surface area contributed by atoms with Gasteiger partial charge in [0.05, 0.1) is 11.3 Å². The zero-order valence-electron chi connectivity index (χ0n) is 8.84. The van der Waals surface area contributed by atoms with Crippen molar-refractivity contribution in [2.24, 2.45) is 0 Å². The van der Waals surface area contributed by atoms with Crippen LogP contribution in [-0.4, -0.2) is 33.0 Å². The number of sulfone groups is 1. The van der Waals surface area contributed by atoms with Crippen LogP contribution in [0.25, 0.3) is 0 Å². The summed E-state index contributed by atoms with van der Waals surface area (Å²) in [6.07, 6.45) is 1.08. The number of hydrogen-bond donors (Lipinski definition) is 1. The van der Waals surface area contributed by atoms with Gasteiger partial charge in [-0.05, 0) is 12.1 Å². The molecule has 0 spiro atoms. The Balaban J connectivity index is 2.57. The van der Waals surface area contributed by atoms with Gasteiger partial charge in [-0.25, -0.2) is 13.2 Å². The maximum atomic E-state index is 11.5. The number of benzene rings is 1. The Kier molecular flexibility index (Phi) is 3.89. The van der Waals surface area contributed by atoms with Gasteiger partial charge < -0.3 is 10.5 Å². The molecule has 0 radical (unpaired) electrons. The maximum Gasteiger partial charge on any atom is 0.340 e. The van der Waals surface area contributed by atoms with Gasteiger partial charge in [0.15, 0.2) is 9.84 Å². The molecule has 2 N–H and O–H groups in total. The molecule has 1 aromatic carbocycles. The number of hydrogen-bond acceptors (Lipinski definition) is 5. The van der Waals surface area contributed by atoms with Gasteiger partial charge in [-0.15, -0.1) is 0 Å². The molecule has 1 rings (SSSR count). The Hall–Kier alpha value is -1.56. The van der Waals surface area contributed by atoms with Gasteiger partial charge in [0, 0.05) is 11.9 Å². The van der Waals surface area contributed by atoms with E-state index >= 15 is 0 Å². The van der Waals surface area contributed by atoms with E-state index in [1.807, 2.05) is 0 Å². The summed E-state index contributed by atoms with van der Waals surface area (Å²) >= 11 is 0. The second-order valence-electron chi connectivity index (χ2n) is 3.35. The molecule has 0 bridgehead atoms. The zero-order chi connectivity index (χ0) is 12.2. The summed E-state index contributed by atoms with van der Waals surface area (Å²) in [5.41, 5.74) is 6.12. The smallest absolute Gasteiger partial charge is 0.340 e. The highest BCUT2D eigenvalue weighted by molar-refractivity contribution is 7.90. The Morgan fingerprint density at radius 1 is 1.38 bits per heavy atom. The normalized spacial score (nSPS) is 11.1. The summed E-state index contributed by atoms with van der Waals surface area (Å²) in [4.78, 5) is 11.5. The second kappa shape index (κ2) is 4.98. The minimum atomic E-state index is -3.12. The van der Waals surface area contributed by atoms with Gasteiger partial charge in [0.25, 0.3) is 0 Å². The lowest BCUT2D eigenvalue weighted by molar-refractivity contribution is 0.0530. The van der Waals surface area contributed by atoms with Crippen molar-refractivity contribution < 1.29 is 17.9 Å². The Morgan fingerprint density at radius 3 is 2.56 bits per heavy atom. The predicted octanol–water partition coefficient (Wildman–Crippen LogP) is 0.470. The quantitative estimate of drug-likeness (QED) is 0.613. The van der Waals surface area contributed by atoms with Crippen molar-refractivity contribution >= 4 is 21.5 Å². The molecule has 0 heterocycles. The van der Waals surface area contributed by atoms with E-state index < -0.39 is 15.8 Å². The number of anilines is 1. The van der Waals surface area contributed by atoms with E-state index in [1.54, 1.807) is 18.2 Å². The van der Waals surface area contributed by atoms with Crippen LogP contribution in [0.4, 0.5) is 5.69 Å². The van der Waals surface area contributed by atoms with Gasteiger partial charge in [-0.2, -0.15) is 0 Å². The van der Waals surface area contributed by atoms with Crippen molar-refractivity contribution in [2.45, 2.75) is 0 Å². The molecule has 1 aromatic rings. The summed E-state index contributed by atoms with van der Waals surface area (Å²) in [5.74, 6) is -0.799. The maximum absolute atomic E-state index is 11.5. The Bertz CT molecular complexity index is 481. The minimum Gasteiger partial charge on any atom is -0.461 e. The summed E-state index contributed by atoms with van der Waals surface area (Å²) in [6, 6.07) is 6.46. The molecule has 0 aromatic heterocycles. The molecule has 0 saturated carbocycles.